The number of aryl methyl sites for hydroxylation is 1. The summed E-state index contributed by atoms with van der Waals surface area (Å²) in [5, 5.41) is 8.33. The molecule has 5 heteroatoms. The zero-order valence-corrected chi connectivity index (χ0v) is 18.1. The van der Waals surface area contributed by atoms with Crippen LogP contribution in [-0.4, -0.2) is 14.6 Å². The molecule has 142 valence electrons. The standard InChI is InChI=1S/C23H23BrN4/c1-15-21(16-8-6-5-7-9-16)22-26-19(23(2,3)4)14-20(28(22)27-15)25-18-12-10-17(24)11-13-18/h5-14,25H,1-4H3. The zero-order chi connectivity index (χ0) is 19.9. The van der Waals surface area contributed by atoms with E-state index in [1.165, 1.54) is 0 Å². The van der Waals surface area contributed by atoms with E-state index in [0.717, 1.165) is 44.1 Å². The van der Waals surface area contributed by atoms with Gasteiger partial charge in [0.1, 0.15) is 5.82 Å². The molecule has 2 heterocycles. The third-order valence-electron chi connectivity index (χ3n) is 4.71. The molecule has 0 saturated carbocycles. The first-order valence-corrected chi connectivity index (χ1v) is 10.1. The second-order valence-corrected chi connectivity index (χ2v) is 8.89. The molecule has 1 N–H and O–H groups in total. The van der Waals surface area contributed by atoms with Crippen LogP contribution in [0, 0.1) is 6.92 Å². The number of aromatic nitrogens is 3. The minimum atomic E-state index is -0.0793. The molecular formula is C23H23BrN4. The molecule has 0 aliphatic rings. The molecule has 0 atom stereocenters. The molecule has 0 aliphatic carbocycles. The Morgan fingerprint density at radius 2 is 1.64 bits per heavy atom. The fourth-order valence-corrected chi connectivity index (χ4v) is 3.48. The molecule has 0 bridgehead atoms. The molecule has 2 aromatic heterocycles. The van der Waals surface area contributed by atoms with Crippen molar-refractivity contribution in [2.24, 2.45) is 0 Å². The lowest BCUT2D eigenvalue weighted by molar-refractivity contribution is 0.569. The van der Waals surface area contributed by atoms with E-state index in [1.807, 2.05) is 53.9 Å². The Morgan fingerprint density at radius 1 is 0.964 bits per heavy atom. The van der Waals surface area contributed by atoms with Crippen molar-refractivity contribution in [1.29, 1.82) is 0 Å². The Bertz CT molecular complexity index is 1120. The van der Waals surface area contributed by atoms with E-state index in [0.29, 0.717) is 0 Å². The Labute approximate surface area is 173 Å². The van der Waals surface area contributed by atoms with Crippen LogP contribution in [0.25, 0.3) is 16.8 Å². The number of fused-ring (bicyclic) bond motifs is 1. The molecule has 0 aliphatic heterocycles. The van der Waals surface area contributed by atoms with E-state index in [2.05, 4.69) is 60.2 Å². The normalized spacial score (nSPS) is 11.8. The first-order valence-electron chi connectivity index (χ1n) is 9.32. The van der Waals surface area contributed by atoms with Crippen molar-refractivity contribution in [2.75, 3.05) is 5.32 Å². The van der Waals surface area contributed by atoms with Gasteiger partial charge in [-0.25, -0.2) is 4.98 Å². The Kier molecular flexibility index (Phi) is 4.71. The average molecular weight is 435 g/mol. The number of rotatable bonds is 3. The smallest absolute Gasteiger partial charge is 0.165 e. The topological polar surface area (TPSA) is 42.2 Å². The molecule has 0 spiro atoms. The van der Waals surface area contributed by atoms with Crippen molar-refractivity contribution in [3.05, 3.63) is 76.5 Å². The monoisotopic (exact) mass is 434 g/mol. The molecule has 4 aromatic rings. The predicted octanol–water partition coefficient (Wildman–Crippen LogP) is 6.51. The van der Waals surface area contributed by atoms with Crippen molar-refractivity contribution in [3.63, 3.8) is 0 Å². The Hall–Kier alpha value is -2.66. The van der Waals surface area contributed by atoms with E-state index in [9.17, 15) is 0 Å². The van der Waals surface area contributed by atoms with Crippen molar-refractivity contribution in [2.45, 2.75) is 33.1 Å². The number of hydrogen-bond donors (Lipinski definition) is 1. The van der Waals surface area contributed by atoms with Crippen LogP contribution in [0.2, 0.25) is 0 Å². The van der Waals surface area contributed by atoms with Gasteiger partial charge in [0.2, 0.25) is 0 Å². The summed E-state index contributed by atoms with van der Waals surface area (Å²) in [5.41, 5.74) is 5.99. The van der Waals surface area contributed by atoms with Gasteiger partial charge in [-0.1, -0.05) is 67.0 Å². The average Bonchev–Trinajstić information content (AvgIpc) is 3.00. The summed E-state index contributed by atoms with van der Waals surface area (Å²) < 4.78 is 2.96. The van der Waals surface area contributed by atoms with Crippen LogP contribution in [-0.2, 0) is 5.41 Å². The first kappa shape index (κ1) is 18.7. The predicted molar refractivity (Wildman–Crippen MR) is 119 cm³/mol. The minimum absolute atomic E-state index is 0.0793. The van der Waals surface area contributed by atoms with Crippen LogP contribution >= 0.6 is 15.9 Å². The van der Waals surface area contributed by atoms with E-state index >= 15 is 0 Å². The molecular weight excluding hydrogens is 412 g/mol. The summed E-state index contributed by atoms with van der Waals surface area (Å²) in [6.07, 6.45) is 0. The number of anilines is 2. The highest BCUT2D eigenvalue weighted by molar-refractivity contribution is 9.10. The van der Waals surface area contributed by atoms with Gasteiger partial charge in [-0.05, 0) is 36.8 Å². The molecule has 0 radical (unpaired) electrons. The third kappa shape index (κ3) is 3.54. The van der Waals surface area contributed by atoms with Gasteiger partial charge in [-0.2, -0.15) is 9.61 Å². The third-order valence-corrected chi connectivity index (χ3v) is 5.24. The van der Waals surface area contributed by atoms with Crippen LogP contribution in [0.15, 0.2) is 65.1 Å². The van der Waals surface area contributed by atoms with E-state index in [4.69, 9.17) is 10.1 Å². The number of nitrogens with zero attached hydrogens (tertiary/aromatic N) is 3. The lowest BCUT2D eigenvalue weighted by atomic mass is 9.92. The van der Waals surface area contributed by atoms with Crippen molar-refractivity contribution >= 4 is 33.1 Å². The molecule has 0 amide bonds. The fourth-order valence-electron chi connectivity index (χ4n) is 3.22. The summed E-state index contributed by atoms with van der Waals surface area (Å²) in [5.74, 6) is 0.905. The van der Waals surface area contributed by atoms with E-state index in [-0.39, 0.29) is 5.41 Å². The van der Waals surface area contributed by atoms with E-state index < -0.39 is 0 Å². The Morgan fingerprint density at radius 3 is 2.29 bits per heavy atom. The fraction of sp³-hybridized carbons (Fsp3) is 0.217. The van der Waals surface area contributed by atoms with Crippen LogP contribution in [0.5, 0.6) is 0 Å². The highest BCUT2D eigenvalue weighted by Crippen LogP contribution is 2.32. The Balaban J connectivity index is 1.95. The molecule has 4 rings (SSSR count). The van der Waals surface area contributed by atoms with Gasteiger partial charge >= 0.3 is 0 Å². The summed E-state index contributed by atoms with van der Waals surface area (Å²) in [6.45, 7) is 8.58. The maximum Gasteiger partial charge on any atom is 0.165 e. The number of benzene rings is 2. The molecule has 28 heavy (non-hydrogen) atoms. The van der Waals surface area contributed by atoms with Gasteiger partial charge < -0.3 is 5.32 Å². The quantitative estimate of drug-likeness (QED) is 0.399. The minimum Gasteiger partial charge on any atom is -0.340 e. The number of halogens is 1. The highest BCUT2D eigenvalue weighted by Gasteiger charge is 2.22. The maximum atomic E-state index is 5.01. The van der Waals surface area contributed by atoms with Crippen LogP contribution in [0.3, 0.4) is 0 Å². The summed E-state index contributed by atoms with van der Waals surface area (Å²) in [7, 11) is 0. The van der Waals surface area contributed by atoms with Gasteiger partial charge in [0, 0.05) is 27.2 Å². The second kappa shape index (κ2) is 7.06. The summed E-state index contributed by atoms with van der Waals surface area (Å²) in [4.78, 5) is 5.01. The molecule has 2 aromatic carbocycles. The largest absolute Gasteiger partial charge is 0.340 e. The van der Waals surface area contributed by atoms with Gasteiger partial charge in [0.15, 0.2) is 5.65 Å². The van der Waals surface area contributed by atoms with Gasteiger partial charge in [-0.15, -0.1) is 0 Å². The zero-order valence-electron chi connectivity index (χ0n) is 16.5. The molecule has 0 fully saturated rings. The van der Waals surface area contributed by atoms with Gasteiger partial charge in [0.25, 0.3) is 0 Å². The van der Waals surface area contributed by atoms with Crippen LogP contribution in [0.1, 0.15) is 32.2 Å². The van der Waals surface area contributed by atoms with Gasteiger partial charge in [-0.3, -0.25) is 0 Å². The first-order chi connectivity index (χ1) is 13.3. The lowest BCUT2D eigenvalue weighted by Gasteiger charge is -2.20. The number of nitrogens with one attached hydrogen (secondary N) is 1. The van der Waals surface area contributed by atoms with Crippen molar-refractivity contribution in [1.82, 2.24) is 14.6 Å². The molecule has 0 unspecified atom stereocenters. The van der Waals surface area contributed by atoms with Gasteiger partial charge in [0.05, 0.1) is 11.4 Å². The summed E-state index contributed by atoms with van der Waals surface area (Å²) in [6, 6.07) is 20.6. The van der Waals surface area contributed by atoms with Crippen molar-refractivity contribution in [3.8, 4) is 11.1 Å². The lowest BCUT2D eigenvalue weighted by Crippen LogP contribution is -2.16. The molecule has 4 nitrogen and oxygen atoms in total. The number of hydrogen-bond acceptors (Lipinski definition) is 3. The summed E-state index contributed by atoms with van der Waals surface area (Å²) >= 11 is 3.49. The van der Waals surface area contributed by atoms with Crippen LogP contribution in [0.4, 0.5) is 11.5 Å². The van der Waals surface area contributed by atoms with Crippen molar-refractivity contribution < 1.29 is 0 Å². The van der Waals surface area contributed by atoms with E-state index in [1.54, 1.807) is 0 Å². The van der Waals surface area contributed by atoms with Crippen LogP contribution < -0.4 is 5.32 Å². The highest BCUT2D eigenvalue weighted by atomic mass is 79.9. The second-order valence-electron chi connectivity index (χ2n) is 7.97. The SMILES string of the molecule is Cc1nn2c(Nc3ccc(Br)cc3)cc(C(C)(C)C)nc2c1-c1ccccc1. The molecule has 0 saturated heterocycles. The maximum absolute atomic E-state index is 5.01.